The van der Waals surface area contributed by atoms with Gasteiger partial charge in [0.1, 0.15) is 0 Å². The molecule has 0 aromatic carbocycles. The van der Waals surface area contributed by atoms with E-state index in [1.54, 1.807) is 0 Å². The van der Waals surface area contributed by atoms with Gasteiger partial charge in [-0.25, -0.2) is 0 Å². The second kappa shape index (κ2) is 35.1. The van der Waals surface area contributed by atoms with Crippen LogP contribution in [0.5, 0.6) is 0 Å². The molecule has 0 aromatic rings. The van der Waals surface area contributed by atoms with Crippen LogP contribution in [0.2, 0.25) is 0 Å². The maximum absolute atomic E-state index is 5.71. The van der Waals surface area contributed by atoms with Gasteiger partial charge in [0.05, 0.1) is 26.4 Å². The molecule has 6 saturated heterocycles. The minimum atomic E-state index is 0. The van der Waals surface area contributed by atoms with Gasteiger partial charge in [0.25, 0.3) is 0 Å². The van der Waals surface area contributed by atoms with Crippen molar-refractivity contribution < 1.29 is 9.47 Å². The van der Waals surface area contributed by atoms with Crippen LogP contribution >= 0.6 is 0 Å². The first-order valence-electron chi connectivity index (χ1n) is 26.0. The van der Waals surface area contributed by atoms with Crippen LogP contribution in [0.15, 0.2) is 0 Å². The van der Waals surface area contributed by atoms with Gasteiger partial charge in [-0.05, 0) is 180 Å². The van der Waals surface area contributed by atoms with Crippen molar-refractivity contribution in [2.24, 2.45) is 23.7 Å². The highest BCUT2D eigenvalue weighted by molar-refractivity contribution is 4.74. The van der Waals surface area contributed by atoms with Crippen LogP contribution < -0.4 is 5.32 Å². The highest BCUT2D eigenvalue weighted by Gasteiger charge is 2.20. The Morgan fingerprint density at radius 3 is 1.31 bits per heavy atom. The molecule has 0 aromatic heterocycles. The predicted molar refractivity (Wildman–Crippen MR) is 256 cm³/mol. The summed E-state index contributed by atoms with van der Waals surface area (Å²) in [6.07, 6.45) is 35.1. The molecule has 7 rings (SSSR count). The maximum atomic E-state index is 5.71. The molecule has 0 amide bonds. The molecule has 0 unspecified atom stereocenters. The topological polar surface area (TPSA) is 46.7 Å². The molecular weight excluding hydrogens is 729 g/mol. The number of nitrogens with one attached hydrogen (secondary N) is 1. The van der Waals surface area contributed by atoms with Gasteiger partial charge in [-0.15, -0.1) is 0 Å². The van der Waals surface area contributed by atoms with E-state index in [0.29, 0.717) is 0 Å². The van der Waals surface area contributed by atoms with Crippen LogP contribution in [0.1, 0.15) is 168 Å². The van der Waals surface area contributed by atoms with Crippen molar-refractivity contribution in [3.63, 3.8) is 0 Å². The molecule has 8 nitrogen and oxygen atoms in total. The van der Waals surface area contributed by atoms with Gasteiger partial charge in [-0.2, -0.15) is 0 Å². The monoisotopic (exact) mass is 833 g/mol. The fraction of sp³-hybridized carbons (Fsp3) is 1.00. The summed E-state index contributed by atoms with van der Waals surface area (Å²) in [5.41, 5.74) is 0. The highest BCUT2D eigenvalue weighted by Crippen LogP contribution is 2.30. The fourth-order valence-corrected chi connectivity index (χ4v) is 10.7. The second-order valence-corrected chi connectivity index (χ2v) is 19.9. The molecule has 7 aliphatic rings. The van der Waals surface area contributed by atoms with Crippen LogP contribution in [-0.2, 0) is 9.47 Å². The van der Waals surface area contributed by atoms with Crippen molar-refractivity contribution in [2.75, 3.05) is 139 Å². The van der Waals surface area contributed by atoms with E-state index < -0.39 is 0 Å². The largest absolute Gasteiger partial charge is 0.379 e. The zero-order chi connectivity index (χ0) is 40.7. The zero-order valence-corrected chi connectivity index (χ0v) is 39.3. The lowest BCUT2D eigenvalue weighted by molar-refractivity contribution is 0.0173. The molecule has 0 radical (unpaired) electrons. The number of likely N-dealkylation sites (tertiary alicyclic amines) is 4. The van der Waals surface area contributed by atoms with Crippen molar-refractivity contribution >= 4 is 0 Å². The number of nitrogens with zero attached hydrogens (tertiary/aromatic N) is 5. The van der Waals surface area contributed by atoms with E-state index in [1.165, 1.54) is 226 Å². The maximum Gasteiger partial charge on any atom is 0.0594 e. The Balaban J connectivity index is 0.000000214. The zero-order valence-electron chi connectivity index (χ0n) is 39.3. The van der Waals surface area contributed by atoms with Gasteiger partial charge in [-0.1, -0.05) is 97.8 Å². The third-order valence-corrected chi connectivity index (χ3v) is 15.0. The summed E-state index contributed by atoms with van der Waals surface area (Å²) in [4.78, 5) is 12.5. The summed E-state index contributed by atoms with van der Waals surface area (Å²) in [6.45, 7) is 24.5. The molecule has 1 N–H and O–H groups in total. The predicted octanol–water partition coefficient (Wildman–Crippen LogP) is 9.92. The Morgan fingerprint density at radius 1 is 0.458 bits per heavy atom. The SMILES string of the molecule is C.C1CCC(CCCC2CCNCC2)CC1.C1CCN(CCOCCN2CCOCC2)CC1.CCCN1CCCCC1.CN1CCC(CCCC2CCN(C)CC2)CC1. The average molecular weight is 833 g/mol. The molecule has 0 bridgehead atoms. The first-order valence-corrected chi connectivity index (χ1v) is 26.0. The van der Waals surface area contributed by atoms with E-state index in [0.717, 1.165) is 76.3 Å². The molecule has 0 atom stereocenters. The Kier molecular flexibility index (Phi) is 31.5. The summed E-state index contributed by atoms with van der Waals surface area (Å²) in [5.74, 6) is 4.23. The Bertz CT molecular complexity index is 835. The summed E-state index contributed by atoms with van der Waals surface area (Å²) < 4.78 is 11.0. The lowest BCUT2D eigenvalue weighted by atomic mass is 9.84. The molecule has 7 fully saturated rings. The lowest BCUT2D eigenvalue weighted by Crippen LogP contribution is -2.38. The summed E-state index contributed by atoms with van der Waals surface area (Å²) >= 11 is 0. The van der Waals surface area contributed by atoms with E-state index in [2.05, 4.69) is 50.8 Å². The van der Waals surface area contributed by atoms with Crippen LogP contribution in [-0.4, -0.2) is 163 Å². The number of piperidine rings is 5. The lowest BCUT2D eigenvalue weighted by Gasteiger charge is -2.31. The smallest absolute Gasteiger partial charge is 0.0594 e. The first-order chi connectivity index (χ1) is 28.6. The quantitative estimate of drug-likeness (QED) is 0.154. The van der Waals surface area contributed by atoms with E-state index >= 15 is 0 Å². The van der Waals surface area contributed by atoms with Gasteiger partial charge < -0.3 is 34.4 Å². The van der Waals surface area contributed by atoms with Gasteiger partial charge in [-0.3, -0.25) is 4.90 Å². The van der Waals surface area contributed by atoms with Gasteiger partial charge in [0, 0.05) is 26.2 Å². The highest BCUT2D eigenvalue weighted by atomic mass is 16.5. The van der Waals surface area contributed by atoms with Crippen molar-refractivity contribution in [3.8, 4) is 0 Å². The Hall–Kier alpha value is -0.320. The second-order valence-electron chi connectivity index (χ2n) is 19.9. The molecule has 0 spiro atoms. The van der Waals surface area contributed by atoms with Gasteiger partial charge in [0.15, 0.2) is 0 Å². The van der Waals surface area contributed by atoms with Crippen LogP contribution in [0.4, 0.5) is 0 Å². The van der Waals surface area contributed by atoms with Crippen LogP contribution in [0, 0.1) is 23.7 Å². The molecule has 1 aliphatic carbocycles. The molecule has 59 heavy (non-hydrogen) atoms. The molecule has 8 heteroatoms. The van der Waals surface area contributed by atoms with E-state index in [1.807, 2.05) is 0 Å². The standard InChI is InChI=1S/C15H30N2.C14H27N.C13H26N2O2.C8H17N.CH4/c1-16-10-6-14(7-11-16)4-3-5-15-8-12-17(2)13-9-15;1-2-5-13(6-3-1)7-4-8-14-9-11-15-12-10-14;1-2-4-14(5-3-1)6-10-16-11-7-15-8-12-17-13-9-15;1-2-6-9-7-4-3-5-8-9;/h14-15H,3-13H2,1-2H3;13-15H,1-12H2;1-13H2;2-8H2,1H3;1H4. The number of morpholine rings is 1. The van der Waals surface area contributed by atoms with Crippen molar-refractivity contribution in [1.29, 1.82) is 0 Å². The molecule has 350 valence electrons. The van der Waals surface area contributed by atoms with E-state index in [-0.39, 0.29) is 7.43 Å². The van der Waals surface area contributed by atoms with Crippen molar-refractivity contribution in [3.05, 3.63) is 0 Å². The number of ether oxygens (including phenoxy) is 2. The molecule has 1 saturated carbocycles. The summed E-state index contributed by atoms with van der Waals surface area (Å²) in [6, 6.07) is 0. The normalized spacial score (nSPS) is 24.5. The minimum Gasteiger partial charge on any atom is -0.379 e. The van der Waals surface area contributed by atoms with E-state index in [4.69, 9.17) is 9.47 Å². The molecule has 6 aliphatic heterocycles. The molecular formula is C51H104N6O2. The van der Waals surface area contributed by atoms with Crippen molar-refractivity contribution in [2.45, 2.75) is 168 Å². The third kappa shape index (κ3) is 26.2. The first kappa shape index (κ1) is 53.0. The number of hydrogen-bond acceptors (Lipinski definition) is 8. The van der Waals surface area contributed by atoms with E-state index in [9.17, 15) is 0 Å². The Labute approximate surface area is 369 Å². The van der Waals surface area contributed by atoms with Gasteiger partial charge in [0.2, 0.25) is 0 Å². The number of hydrogen-bond donors (Lipinski definition) is 1. The summed E-state index contributed by atoms with van der Waals surface area (Å²) in [5, 5.41) is 3.45. The van der Waals surface area contributed by atoms with Crippen LogP contribution in [0.3, 0.4) is 0 Å². The van der Waals surface area contributed by atoms with Crippen LogP contribution in [0.25, 0.3) is 0 Å². The third-order valence-electron chi connectivity index (χ3n) is 15.0. The average Bonchev–Trinajstić information content (AvgIpc) is 3.28. The number of rotatable bonds is 16. The Morgan fingerprint density at radius 2 is 0.847 bits per heavy atom. The minimum absolute atomic E-state index is 0. The van der Waals surface area contributed by atoms with Gasteiger partial charge >= 0.3 is 0 Å². The fourth-order valence-electron chi connectivity index (χ4n) is 10.7. The van der Waals surface area contributed by atoms with Crippen molar-refractivity contribution in [1.82, 2.24) is 29.8 Å². The summed E-state index contributed by atoms with van der Waals surface area (Å²) in [7, 11) is 4.52. The molecule has 6 heterocycles.